The lowest BCUT2D eigenvalue weighted by Gasteiger charge is -2.26. The second-order valence-corrected chi connectivity index (χ2v) is 7.71. The molecular formula is C18H20N2O4S. The smallest absolute Gasteiger partial charge is 0.265 e. The average Bonchev–Trinajstić information content (AvgIpc) is 3.01. The molecule has 6 nitrogen and oxygen atoms in total. The lowest BCUT2D eigenvalue weighted by molar-refractivity contribution is -0.121. The van der Waals surface area contributed by atoms with Crippen LogP contribution in [0.3, 0.4) is 0 Å². The van der Waals surface area contributed by atoms with Gasteiger partial charge >= 0.3 is 0 Å². The van der Waals surface area contributed by atoms with Crippen LogP contribution in [0.1, 0.15) is 11.1 Å². The van der Waals surface area contributed by atoms with Crippen LogP contribution < -0.4 is 14.4 Å². The highest BCUT2D eigenvalue weighted by atomic mass is 32.2. The highest BCUT2D eigenvalue weighted by Gasteiger charge is 2.41. The largest absolute Gasteiger partial charge is 0.496 e. The fraction of sp³-hybridized carbons (Fsp3) is 0.278. The first kappa shape index (κ1) is 17.3. The average molecular weight is 360 g/mol. The van der Waals surface area contributed by atoms with Crippen LogP contribution in [0, 0.1) is 6.92 Å². The van der Waals surface area contributed by atoms with Gasteiger partial charge in [-0.3, -0.25) is 9.10 Å². The molecule has 0 bridgehead atoms. The van der Waals surface area contributed by atoms with Crippen LogP contribution in [0.25, 0.3) is 0 Å². The summed E-state index contributed by atoms with van der Waals surface area (Å²) in [6.45, 7) is 1.78. The number of amides is 1. The fourth-order valence-corrected chi connectivity index (χ4v) is 4.88. The first-order valence-corrected chi connectivity index (χ1v) is 9.32. The van der Waals surface area contributed by atoms with Crippen molar-refractivity contribution >= 4 is 21.6 Å². The van der Waals surface area contributed by atoms with Crippen LogP contribution in [0.4, 0.5) is 5.69 Å². The molecule has 0 radical (unpaired) electrons. The van der Waals surface area contributed by atoms with Crippen LogP contribution in [0.15, 0.2) is 47.4 Å². The fourth-order valence-electron chi connectivity index (χ4n) is 3.15. The molecule has 1 atom stereocenters. The monoisotopic (exact) mass is 360 g/mol. The molecule has 0 saturated carbocycles. The third kappa shape index (κ3) is 2.84. The minimum absolute atomic E-state index is 0.136. The van der Waals surface area contributed by atoms with Gasteiger partial charge in [-0.05, 0) is 42.3 Å². The molecule has 0 aliphatic carbocycles. The number of anilines is 1. The Bertz CT molecular complexity index is 924. The number of benzene rings is 2. The molecule has 25 heavy (non-hydrogen) atoms. The van der Waals surface area contributed by atoms with Crippen molar-refractivity contribution in [1.29, 1.82) is 0 Å². The molecule has 3 rings (SSSR count). The van der Waals surface area contributed by atoms with Crippen LogP contribution in [0.2, 0.25) is 0 Å². The molecule has 2 aromatic carbocycles. The lowest BCUT2D eigenvalue weighted by atomic mass is 10.1. The number of fused-ring (bicyclic) bond motifs is 1. The zero-order valence-electron chi connectivity index (χ0n) is 14.3. The maximum absolute atomic E-state index is 13.3. The molecule has 0 fully saturated rings. The number of sulfonamides is 1. The number of rotatable bonds is 4. The third-order valence-corrected chi connectivity index (χ3v) is 6.22. The minimum atomic E-state index is -3.89. The summed E-state index contributed by atoms with van der Waals surface area (Å²) in [4.78, 5) is 12.4. The summed E-state index contributed by atoms with van der Waals surface area (Å²) in [6.07, 6.45) is 0.351. The number of nitrogens with one attached hydrogen (secondary N) is 1. The van der Waals surface area contributed by atoms with E-state index in [1.165, 1.54) is 24.5 Å². The highest BCUT2D eigenvalue weighted by Crippen LogP contribution is 2.37. The van der Waals surface area contributed by atoms with Gasteiger partial charge in [0, 0.05) is 13.5 Å². The summed E-state index contributed by atoms with van der Waals surface area (Å²) < 4.78 is 33.0. The number of hydrogen-bond donors (Lipinski definition) is 1. The highest BCUT2D eigenvalue weighted by molar-refractivity contribution is 7.93. The van der Waals surface area contributed by atoms with Gasteiger partial charge in [-0.15, -0.1) is 0 Å². The predicted octanol–water partition coefficient (Wildman–Crippen LogP) is 1.87. The number of nitrogens with zero attached hydrogens (tertiary/aromatic N) is 1. The Kier molecular flexibility index (Phi) is 4.43. The van der Waals surface area contributed by atoms with E-state index in [1.807, 2.05) is 12.1 Å². The van der Waals surface area contributed by atoms with E-state index >= 15 is 0 Å². The Morgan fingerprint density at radius 3 is 2.60 bits per heavy atom. The molecule has 0 saturated heterocycles. The molecule has 1 N–H and O–H groups in total. The number of likely N-dealkylation sites (N-methyl/N-ethyl adjacent to an activating group) is 1. The standard InChI is InChI=1S/C18H20N2O4S/c1-12-10-14(8-9-17(12)24-3)25(22,23)20-15-7-5-4-6-13(15)11-16(20)18(21)19-2/h4-10,16H,11H2,1-3H3,(H,19,21)/t16-/m0/s1. The molecule has 1 amide bonds. The Labute approximate surface area is 147 Å². The predicted molar refractivity (Wildman–Crippen MR) is 95.4 cm³/mol. The molecule has 0 unspecified atom stereocenters. The zero-order valence-corrected chi connectivity index (χ0v) is 15.1. The second-order valence-electron chi connectivity index (χ2n) is 5.90. The van der Waals surface area contributed by atoms with E-state index in [2.05, 4.69) is 5.32 Å². The van der Waals surface area contributed by atoms with E-state index in [4.69, 9.17) is 4.74 Å². The molecule has 7 heteroatoms. The van der Waals surface area contributed by atoms with Gasteiger partial charge in [-0.2, -0.15) is 0 Å². The summed E-state index contributed by atoms with van der Waals surface area (Å²) in [5, 5.41) is 2.56. The maximum Gasteiger partial charge on any atom is 0.265 e. The Morgan fingerprint density at radius 1 is 1.24 bits per heavy atom. The summed E-state index contributed by atoms with van der Waals surface area (Å²) in [5.74, 6) is 0.286. The number of carbonyl (C=O) groups is 1. The molecule has 1 heterocycles. The number of aryl methyl sites for hydroxylation is 1. The third-order valence-electron chi connectivity index (χ3n) is 4.40. The molecular weight excluding hydrogens is 340 g/mol. The van der Waals surface area contributed by atoms with Crippen molar-refractivity contribution in [2.75, 3.05) is 18.5 Å². The molecule has 2 aromatic rings. The van der Waals surface area contributed by atoms with Crippen molar-refractivity contribution < 1.29 is 17.9 Å². The van der Waals surface area contributed by atoms with E-state index in [-0.39, 0.29) is 10.8 Å². The Balaban J connectivity index is 2.13. The number of para-hydroxylation sites is 1. The normalized spacial score (nSPS) is 16.4. The van der Waals surface area contributed by atoms with E-state index < -0.39 is 16.1 Å². The first-order chi connectivity index (χ1) is 11.9. The topological polar surface area (TPSA) is 75.7 Å². The summed E-state index contributed by atoms with van der Waals surface area (Å²) in [6, 6.07) is 11.1. The van der Waals surface area contributed by atoms with Crippen LogP contribution in [-0.2, 0) is 21.2 Å². The van der Waals surface area contributed by atoms with Gasteiger partial charge in [0.25, 0.3) is 10.0 Å². The maximum atomic E-state index is 13.3. The van der Waals surface area contributed by atoms with Gasteiger partial charge in [0.15, 0.2) is 0 Å². The Morgan fingerprint density at radius 2 is 1.96 bits per heavy atom. The quantitative estimate of drug-likeness (QED) is 0.903. The Hall–Kier alpha value is -2.54. The van der Waals surface area contributed by atoms with Crippen LogP contribution >= 0.6 is 0 Å². The van der Waals surface area contributed by atoms with E-state index in [0.29, 0.717) is 23.4 Å². The number of ether oxygens (including phenoxy) is 1. The van der Waals surface area contributed by atoms with Crippen LogP contribution in [-0.4, -0.2) is 34.5 Å². The lowest BCUT2D eigenvalue weighted by Crippen LogP contribution is -2.47. The minimum Gasteiger partial charge on any atom is -0.496 e. The van der Waals surface area contributed by atoms with Crippen molar-refractivity contribution in [2.24, 2.45) is 0 Å². The van der Waals surface area contributed by atoms with E-state index in [9.17, 15) is 13.2 Å². The molecule has 1 aliphatic rings. The van der Waals surface area contributed by atoms with Gasteiger partial charge in [0.05, 0.1) is 17.7 Å². The summed E-state index contributed by atoms with van der Waals surface area (Å²) >= 11 is 0. The van der Waals surface area contributed by atoms with Gasteiger partial charge in [-0.25, -0.2) is 8.42 Å². The van der Waals surface area contributed by atoms with Crippen molar-refractivity contribution in [3.8, 4) is 5.75 Å². The van der Waals surface area contributed by atoms with Gasteiger partial charge in [0.2, 0.25) is 5.91 Å². The van der Waals surface area contributed by atoms with Gasteiger partial charge < -0.3 is 10.1 Å². The molecule has 0 spiro atoms. The van der Waals surface area contributed by atoms with Crippen LogP contribution in [0.5, 0.6) is 5.75 Å². The van der Waals surface area contributed by atoms with E-state index in [0.717, 1.165) is 5.56 Å². The van der Waals surface area contributed by atoms with Crippen molar-refractivity contribution in [3.63, 3.8) is 0 Å². The summed E-state index contributed by atoms with van der Waals surface area (Å²) in [7, 11) is -0.843. The van der Waals surface area contributed by atoms with Crippen molar-refractivity contribution in [2.45, 2.75) is 24.3 Å². The SMILES string of the molecule is CNC(=O)[C@@H]1Cc2ccccc2N1S(=O)(=O)c1ccc(OC)c(C)c1. The molecule has 1 aliphatic heterocycles. The summed E-state index contributed by atoms with van der Waals surface area (Å²) in [5.41, 5.74) is 2.10. The first-order valence-electron chi connectivity index (χ1n) is 7.88. The number of hydrogen-bond acceptors (Lipinski definition) is 4. The van der Waals surface area contributed by atoms with Gasteiger partial charge in [0.1, 0.15) is 11.8 Å². The van der Waals surface area contributed by atoms with Crippen molar-refractivity contribution in [1.82, 2.24) is 5.32 Å². The molecule has 0 aromatic heterocycles. The van der Waals surface area contributed by atoms with Crippen molar-refractivity contribution in [3.05, 3.63) is 53.6 Å². The number of carbonyl (C=O) groups excluding carboxylic acids is 1. The second kappa shape index (κ2) is 6.40. The molecule has 132 valence electrons. The number of methoxy groups -OCH3 is 1. The van der Waals surface area contributed by atoms with E-state index in [1.54, 1.807) is 31.2 Å². The van der Waals surface area contributed by atoms with Gasteiger partial charge in [-0.1, -0.05) is 18.2 Å². The zero-order chi connectivity index (χ0) is 18.2.